The topological polar surface area (TPSA) is 100 Å². The molecule has 314 valence electrons. The summed E-state index contributed by atoms with van der Waals surface area (Å²) >= 11 is 3.34. The van der Waals surface area contributed by atoms with Crippen molar-refractivity contribution < 1.29 is 35.8 Å². The first-order valence-corrected chi connectivity index (χ1v) is 20.1. The third-order valence-corrected chi connectivity index (χ3v) is 11.9. The molecule has 2 aliphatic rings. The van der Waals surface area contributed by atoms with Crippen LogP contribution in [-0.2, 0) is 23.7 Å². The minimum atomic E-state index is -0.972. The Morgan fingerprint density at radius 3 is 1.48 bits per heavy atom. The number of aromatic nitrogens is 6. The van der Waals surface area contributed by atoms with Gasteiger partial charge in [-0.25, -0.2) is 31.2 Å². The third kappa shape index (κ3) is 8.93. The van der Waals surface area contributed by atoms with Gasteiger partial charge in [0, 0.05) is 23.2 Å². The van der Waals surface area contributed by atoms with Crippen LogP contribution in [0.3, 0.4) is 0 Å². The van der Waals surface area contributed by atoms with Crippen molar-refractivity contribution >= 4 is 21.6 Å². The molecule has 2 aromatic carbocycles. The molecule has 0 amide bonds. The molecule has 0 unspecified atom stereocenters. The van der Waals surface area contributed by atoms with E-state index in [1.165, 1.54) is 69.1 Å². The number of pyridine rings is 2. The van der Waals surface area contributed by atoms with Gasteiger partial charge in [0.1, 0.15) is 47.1 Å². The molecule has 8 rings (SSSR count). The number of halogens is 7. The molecule has 0 N–H and O–H groups in total. The van der Waals surface area contributed by atoms with Crippen LogP contribution in [0, 0.1) is 29.8 Å². The number of methoxy groups -OCH3 is 2. The summed E-state index contributed by atoms with van der Waals surface area (Å²) in [6, 6.07) is 17.9. The molecule has 0 saturated heterocycles. The molecule has 16 heteroatoms. The van der Waals surface area contributed by atoms with E-state index >= 15 is 0 Å². The normalized spacial score (nSPS) is 20.3. The van der Waals surface area contributed by atoms with Crippen LogP contribution in [0.4, 0.5) is 32.0 Å². The Morgan fingerprint density at radius 1 is 0.623 bits per heavy atom. The summed E-state index contributed by atoms with van der Waals surface area (Å²) in [5, 5.41) is 16.6. The number of nitrogens with zero attached hydrogens (tertiary/aromatic N) is 7. The van der Waals surface area contributed by atoms with E-state index in [2.05, 4.69) is 51.1 Å². The molecule has 0 atom stereocenters. The molecule has 4 heterocycles. The van der Waals surface area contributed by atoms with Gasteiger partial charge in [0.15, 0.2) is 0 Å². The summed E-state index contributed by atoms with van der Waals surface area (Å²) in [6.45, 7) is 7.22. The first-order valence-electron chi connectivity index (χ1n) is 19.3. The van der Waals surface area contributed by atoms with Gasteiger partial charge in [0.05, 0.1) is 70.6 Å². The standard InChI is InChI=1S/C23H19F3N4O.C22H19BrF3N3O/c1-27-19-8-6-16(25)20(21(19)31-2)18-7-5-15(29-30-18)9-10-23(12-14(24)13-23)22-17(26)4-3-11-28-22;1-30-20-15(23)5-6-16(25)19(20)18-7-4-14(28-29-18)8-9-22(11-13(24)12-22)21-17(26)3-2-10-27-21/h3-8,11,14H,9-10,12-13H2,2H3;2-7,10,13H,8-9,11-12H2,1H3. The van der Waals surface area contributed by atoms with E-state index in [9.17, 15) is 26.3 Å². The van der Waals surface area contributed by atoms with E-state index in [0.717, 1.165) is 0 Å². The Balaban J connectivity index is 0.000000184. The van der Waals surface area contributed by atoms with E-state index in [1.54, 1.807) is 30.3 Å². The van der Waals surface area contributed by atoms with E-state index in [1.807, 2.05) is 0 Å². The number of aryl methyl sites for hydroxylation is 2. The van der Waals surface area contributed by atoms with Gasteiger partial charge >= 0.3 is 0 Å². The molecular weight excluding hydrogens is 864 g/mol. The minimum Gasteiger partial charge on any atom is -0.507 e. The van der Waals surface area contributed by atoms with Crippen LogP contribution >= 0.6 is 15.9 Å². The zero-order valence-corrected chi connectivity index (χ0v) is 34.6. The van der Waals surface area contributed by atoms with Gasteiger partial charge in [0.25, 0.3) is 0 Å². The van der Waals surface area contributed by atoms with Crippen molar-refractivity contribution in [3.8, 4) is 34.0 Å². The van der Waals surface area contributed by atoms with Crippen molar-refractivity contribution in [1.29, 1.82) is 0 Å². The molecule has 4 aromatic heterocycles. The number of ether oxygens (including phenoxy) is 2. The fraction of sp³-hybridized carbons (Fsp3) is 0.311. The molecule has 0 spiro atoms. The second-order valence-corrected chi connectivity index (χ2v) is 15.9. The molecule has 9 nitrogen and oxygen atoms in total. The monoisotopic (exact) mass is 901 g/mol. The van der Waals surface area contributed by atoms with Crippen molar-refractivity contribution in [3.05, 3.63) is 147 Å². The van der Waals surface area contributed by atoms with Crippen LogP contribution in [0.25, 0.3) is 27.4 Å². The predicted octanol–water partition coefficient (Wildman–Crippen LogP) is 11.0. The van der Waals surface area contributed by atoms with E-state index in [-0.39, 0.29) is 59.6 Å². The van der Waals surface area contributed by atoms with Crippen molar-refractivity contribution in [2.45, 2.75) is 74.5 Å². The van der Waals surface area contributed by atoms with Gasteiger partial charge in [-0.3, -0.25) is 9.97 Å². The zero-order chi connectivity index (χ0) is 43.3. The molecule has 2 aliphatic carbocycles. The van der Waals surface area contributed by atoms with Gasteiger partial charge in [-0.2, -0.15) is 20.4 Å². The lowest BCUT2D eigenvalue weighted by Crippen LogP contribution is -2.44. The van der Waals surface area contributed by atoms with E-state index in [4.69, 9.17) is 16.0 Å². The van der Waals surface area contributed by atoms with Gasteiger partial charge in [-0.15, -0.1) is 0 Å². The van der Waals surface area contributed by atoms with Crippen LogP contribution in [0.15, 0.2) is 89.7 Å². The summed E-state index contributed by atoms with van der Waals surface area (Å²) in [5.41, 5.74) is 1.62. The summed E-state index contributed by atoms with van der Waals surface area (Å²) in [5.74, 6) is -1.44. The van der Waals surface area contributed by atoms with Gasteiger partial charge in [0.2, 0.25) is 5.69 Å². The largest absolute Gasteiger partial charge is 0.507 e. The van der Waals surface area contributed by atoms with Crippen molar-refractivity contribution in [1.82, 2.24) is 30.4 Å². The minimum absolute atomic E-state index is 0.0707. The summed E-state index contributed by atoms with van der Waals surface area (Å²) in [7, 11) is 2.82. The summed E-state index contributed by atoms with van der Waals surface area (Å²) < 4.78 is 95.9. The van der Waals surface area contributed by atoms with Gasteiger partial charge < -0.3 is 9.47 Å². The highest BCUT2D eigenvalue weighted by Crippen LogP contribution is 2.50. The second-order valence-electron chi connectivity index (χ2n) is 15.1. The maximum absolute atomic E-state index is 14.4. The molecule has 0 radical (unpaired) electrons. The van der Waals surface area contributed by atoms with E-state index in [0.29, 0.717) is 58.7 Å². The van der Waals surface area contributed by atoms with Gasteiger partial charge in [-0.1, -0.05) is 0 Å². The van der Waals surface area contributed by atoms with E-state index < -0.39 is 46.4 Å². The van der Waals surface area contributed by atoms with Gasteiger partial charge in [-0.05, 0) is 140 Å². The molecule has 0 aliphatic heterocycles. The highest BCUT2D eigenvalue weighted by atomic mass is 79.9. The SMILES string of the molecule is COc1c(Br)ccc(F)c1-c1ccc(CCC2(c3ncccc3F)CC(F)C2)nn1.[C-]#[N+]c1ccc(F)c(-c2ccc(CCC3(c4ncccc4F)CC(F)C3)nn2)c1OC. The first kappa shape index (κ1) is 43.1. The van der Waals surface area contributed by atoms with Crippen LogP contribution in [-0.4, -0.2) is 56.9 Å². The number of rotatable bonds is 12. The Morgan fingerprint density at radius 2 is 1.08 bits per heavy atom. The smallest absolute Gasteiger partial charge is 0.229 e. The number of benzene rings is 2. The van der Waals surface area contributed by atoms with Crippen LogP contribution < -0.4 is 9.47 Å². The van der Waals surface area contributed by atoms with Crippen LogP contribution in [0.5, 0.6) is 11.5 Å². The molecular formula is C45H38BrF6N7O2. The highest BCUT2D eigenvalue weighted by Gasteiger charge is 2.49. The Kier molecular flexibility index (Phi) is 13.0. The molecule has 6 aromatic rings. The van der Waals surface area contributed by atoms with Crippen LogP contribution in [0.1, 0.15) is 61.3 Å². The predicted molar refractivity (Wildman–Crippen MR) is 219 cm³/mol. The number of hydrogen-bond donors (Lipinski definition) is 0. The zero-order valence-electron chi connectivity index (χ0n) is 33.0. The maximum Gasteiger partial charge on any atom is 0.229 e. The first-order chi connectivity index (χ1) is 29.4. The average molecular weight is 903 g/mol. The average Bonchev–Trinajstić information content (AvgIpc) is 3.24. The lowest BCUT2D eigenvalue weighted by molar-refractivity contribution is 0.0791. The molecule has 2 saturated carbocycles. The lowest BCUT2D eigenvalue weighted by Gasteiger charge is -2.44. The lowest BCUT2D eigenvalue weighted by atomic mass is 9.62. The second kappa shape index (κ2) is 18.3. The molecule has 2 fully saturated rings. The van der Waals surface area contributed by atoms with Crippen molar-refractivity contribution in [2.24, 2.45) is 0 Å². The molecule has 0 bridgehead atoms. The summed E-state index contributed by atoms with van der Waals surface area (Å²) in [4.78, 5) is 11.7. The summed E-state index contributed by atoms with van der Waals surface area (Å²) in [6.07, 6.45) is 3.94. The fourth-order valence-corrected chi connectivity index (χ4v) is 8.69. The van der Waals surface area contributed by atoms with Crippen molar-refractivity contribution in [3.63, 3.8) is 0 Å². The quantitative estimate of drug-likeness (QED) is 0.0884. The Bertz CT molecular complexity index is 2550. The fourth-order valence-electron chi connectivity index (χ4n) is 8.20. The number of hydrogen-bond acceptors (Lipinski definition) is 8. The third-order valence-electron chi connectivity index (χ3n) is 11.3. The highest BCUT2D eigenvalue weighted by molar-refractivity contribution is 9.10. The Labute approximate surface area is 356 Å². The van der Waals surface area contributed by atoms with Crippen molar-refractivity contribution in [2.75, 3.05) is 14.2 Å². The maximum atomic E-state index is 14.4. The molecule has 61 heavy (non-hydrogen) atoms. The van der Waals surface area contributed by atoms with Crippen LogP contribution in [0.2, 0.25) is 0 Å². The Hall–Kier alpha value is -5.95. The number of alkyl halides is 2.